The number of anilines is 1. The molecule has 2 rings (SSSR count). The van der Waals surface area contributed by atoms with E-state index in [1.165, 1.54) is 25.7 Å². The van der Waals surface area contributed by atoms with Gasteiger partial charge in [0.25, 0.3) is 5.91 Å². The van der Waals surface area contributed by atoms with Crippen LogP contribution in [0.4, 0.5) is 5.69 Å². The van der Waals surface area contributed by atoms with Gasteiger partial charge in [-0.15, -0.1) is 0 Å². The number of para-hydroxylation sites is 1. The van der Waals surface area contributed by atoms with Gasteiger partial charge in [-0.2, -0.15) is 0 Å². The highest BCUT2D eigenvalue weighted by atomic mass is 16.5. The summed E-state index contributed by atoms with van der Waals surface area (Å²) in [6.07, 6.45) is 2.73. The third kappa shape index (κ3) is 2.40. The largest absolute Gasteiger partial charge is 0.472 e. The van der Waals surface area contributed by atoms with Crippen molar-refractivity contribution in [1.29, 1.82) is 0 Å². The first-order chi connectivity index (χ1) is 8.72. The molecule has 0 aliphatic rings. The van der Waals surface area contributed by atoms with E-state index in [4.69, 9.17) is 4.42 Å². The number of nitrogens with one attached hydrogen (secondary N) is 1. The normalized spacial score (nSPS) is 9.83. The lowest BCUT2D eigenvalue weighted by atomic mass is 10.1. The van der Waals surface area contributed by atoms with Crippen LogP contribution >= 0.6 is 0 Å². The summed E-state index contributed by atoms with van der Waals surface area (Å²) in [5.74, 6) is -0.849. The lowest BCUT2D eigenvalue weighted by Gasteiger charge is -2.08. The molecule has 2 aromatic rings. The van der Waals surface area contributed by atoms with Crippen molar-refractivity contribution in [2.45, 2.75) is 0 Å². The molecule has 0 atom stereocenters. The Morgan fingerprint density at radius 1 is 1.22 bits per heavy atom. The van der Waals surface area contributed by atoms with Crippen molar-refractivity contribution >= 4 is 17.6 Å². The van der Waals surface area contributed by atoms with Crippen LogP contribution in [-0.2, 0) is 4.74 Å². The molecule has 1 aromatic heterocycles. The molecule has 1 amide bonds. The minimum absolute atomic E-state index is 0.303. The molecule has 1 aromatic carbocycles. The molecule has 92 valence electrons. The van der Waals surface area contributed by atoms with E-state index in [2.05, 4.69) is 10.1 Å². The zero-order valence-corrected chi connectivity index (χ0v) is 9.67. The summed E-state index contributed by atoms with van der Waals surface area (Å²) in [6.45, 7) is 0. The highest BCUT2D eigenvalue weighted by Crippen LogP contribution is 2.17. The first kappa shape index (κ1) is 11.9. The van der Waals surface area contributed by atoms with E-state index in [-0.39, 0.29) is 5.91 Å². The molecule has 5 nitrogen and oxygen atoms in total. The molecule has 0 saturated heterocycles. The number of hydrogen-bond acceptors (Lipinski definition) is 4. The van der Waals surface area contributed by atoms with Crippen LogP contribution in [-0.4, -0.2) is 19.0 Å². The first-order valence-corrected chi connectivity index (χ1v) is 5.23. The average Bonchev–Trinajstić information content (AvgIpc) is 2.92. The smallest absolute Gasteiger partial charge is 0.339 e. The number of esters is 1. The topological polar surface area (TPSA) is 68.5 Å². The fourth-order valence-electron chi connectivity index (χ4n) is 1.47. The Balaban J connectivity index is 2.24. The van der Waals surface area contributed by atoms with Crippen LogP contribution in [0.2, 0.25) is 0 Å². The van der Waals surface area contributed by atoms with Crippen molar-refractivity contribution in [2.75, 3.05) is 12.4 Å². The number of methoxy groups -OCH3 is 1. The Hall–Kier alpha value is -2.56. The van der Waals surface area contributed by atoms with Crippen molar-refractivity contribution in [3.63, 3.8) is 0 Å². The third-order valence-corrected chi connectivity index (χ3v) is 2.36. The van der Waals surface area contributed by atoms with Crippen molar-refractivity contribution in [3.05, 3.63) is 54.0 Å². The molecule has 0 aliphatic carbocycles. The quantitative estimate of drug-likeness (QED) is 0.842. The van der Waals surface area contributed by atoms with E-state index in [1.54, 1.807) is 24.3 Å². The van der Waals surface area contributed by atoms with Crippen LogP contribution in [0.15, 0.2) is 47.3 Å². The van der Waals surface area contributed by atoms with Crippen molar-refractivity contribution in [1.82, 2.24) is 0 Å². The van der Waals surface area contributed by atoms with Crippen molar-refractivity contribution in [2.24, 2.45) is 0 Å². The van der Waals surface area contributed by atoms with E-state index in [1.807, 2.05) is 0 Å². The van der Waals surface area contributed by atoms with Crippen LogP contribution in [0.5, 0.6) is 0 Å². The number of ether oxygens (including phenoxy) is 1. The Morgan fingerprint density at radius 2 is 2.00 bits per heavy atom. The summed E-state index contributed by atoms with van der Waals surface area (Å²) >= 11 is 0. The molecule has 0 saturated carbocycles. The van der Waals surface area contributed by atoms with Gasteiger partial charge in [-0.1, -0.05) is 12.1 Å². The van der Waals surface area contributed by atoms with E-state index < -0.39 is 5.97 Å². The standard InChI is InChI=1S/C13H11NO4/c1-17-13(16)10-4-2-3-5-11(10)14-12(15)9-6-7-18-8-9/h2-8H,1H3,(H,14,15). The molecule has 18 heavy (non-hydrogen) atoms. The Bertz CT molecular complexity index is 560. The van der Waals surface area contributed by atoms with Gasteiger partial charge in [-0.25, -0.2) is 4.79 Å². The van der Waals surface area contributed by atoms with Crippen LogP contribution in [0, 0.1) is 0 Å². The van der Waals surface area contributed by atoms with E-state index in [0.29, 0.717) is 16.8 Å². The third-order valence-electron chi connectivity index (χ3n) is 2.36. The fraction of sp³-hybridized carbons (Fsp3) is 0.0769. The highest BCUT2D eigenvalue weighted by molar-refractivity contribution is 6.07. The molecule has 1 heterocycles. The lowest BCUT2D eigenvalue weighted by molar-refractivity contribution is 0.0602. The zero-order chi connectivity index (χ0) is 13.0. The van der Waals surface area contributed by atoms with Crippen LogP contribution in [0.1, 0.15) is 20.7 Å². The summed E-state index contributed by atoms with van der Waals surface area (Å²) in [7, 11) is 1.29. The van der Waals surface area contributed by atoms with E-state index in [9.17, 15) is 9.59 Å². The summed E-state index contributed by atoms with van der Waals surface area (Å²) < 4.78 is 9.46. The maximum atomic E-state index is 11.8. The van der Waals surface area contributed by atoms with Crippen molar-refractivity contribution < 1.29 is 18.7 Å². The number of carbonyl (C=O) groups is 2. The first-order valence-electron chi connectivity index (χ1n) is 5.23. The van der Waals surface area contributed by atoms with Gasteiger partial charge in [0.1, 0.15) is 6.26 Å². The summed E-state index contributed by atoms with van der Waals surface area (Å²) in [4.78, 5) is 23.3. The van der Waals surface area contributed by atoms with E-state index in [0.717, 1.165) is 0 Å². The molecular weight excluding hydrogens is 234 g/mol. The maximum absolute atomic E-state index is 11.8. The number of amides is 1. The van der Waals surface area contributed by atoms with Gasteiger partial charge < -0.3 is 14.5 Å². The number of rotatable bonds is 3. The van der Waals surface area contributed by atoms with Gasteiger partial charge >= 0.3 is 5.97 Å². The molecule has 1 N–H and O–H groups in total. The molecule has 0 spiro atoms. The predicted octanol–water partition coefficient (Wildman–Crippen LogP) is 2.32. The van der Waals surface area contributed by atoms with Crippen LogP contribution < -0.4 is 5.32 Å². The lowest BCUT2D eigenvalue weighted by Crippen LogP contribution is -2.14. The van der Waals surface area contributed by atoms with Gasteiger partial charge in [-0.05, 0) is 18.2 Å². The molecule has 0 unspecified atom stereocenters. The number of carbonyl (C=O) groups excluding carboxylic acids is 2. The Labute approximate surface area is 103 Å². The predicted molar refractivity (Wildman–Crippen MR) is 64.4 cm³/mol. The van der Waals surface area contributed by atoms with Gasteiger partial charge in [0, 0.05) is 0 Å². The van der Waals surface area contributed by atoms with Crippen molar-refractivity contribution in [3.8, 4) is 0 Å². The summed E-state index contributed by atoms with van der Waals surface area (Å²) in [6, 6.07) is 8.16. The molecule has 0 aliphatic heterocycles. The Morgan fingerprint density at radius 3 is 2.67 bits per heavy atom. The molecule has 0 fully saturated rings. The average molecular weight is 245 g/mol. The van der Waals surface area contributed by atoms with Crippen LogP contribution in [0.25, 0.3) is 0 Å². The van der Waals surface area contributed by atoms with E-state index >= 15 is 0 Å². The number of benzene rings is 1. The van der Waals surface area contributed by atoms with Gasteiger partial charge in [0.2, 0.25) is 0 Å². The Kier molecular flexibility index (Phi) is 3.43. The SMILES string of the molecule is COC(=O)c1ccccc1NC(=O)c1ccoc1. The minimum Gasteiger partial charge on any atom is -0.472 e. The highest BCUT2D eigenvalue weighted by Gasteiger charge is 2.14. The summed E-state index contributed by atoms with van der Waals surface area (Å²) in [5, 5.41) is 2.63. The molecule has 0 bridgehead atoms. The molecular formula is C13H11NO4. The van der Waals surface area contributed by atoms with Gasteiger partial charge in [0.05, 0.1) is 30.2 Å². The molecule has 5 heteroatoms. The minimum atomic E-state index is -0.502. The monoisotopic (exact) mass is 245 g/mol. The van der Waals surface area contributed by atoms with Gasteiger partial charge in [0.15, 0.2) is 0 Å². The second kappa shape index (κ2) is 5.18. The number of hydrogen-bond donors (Lipinski definition) is 1. The second-order valence-electron chi connectivity index (χ2n) is 3.50. The zero-order valence-electron chi connectivity index (χ0n) is 9.67. The second-order valence-corrected chi connectivity index (χ2v) is 3.50. The fourth-order valence-corrected chi connectivity index (χ4v) is 1.47. The van der Waals surface area contributed by atoms with Crippen LogP contribution in [0.3, 0.4) is 0 Å². The number of furan rings is 1. The molecule has 0 radical (unpaired) electrons. The maximum Gasteiger partial charge on any atom is 0.339 e. The van der Waals surface area contributed by atoms with Gasteiger partial charge in [-0.3, -0.25) is 4.79 Å². The summed E-state index contributed by atoms with van der Waals surface area (Å²) in [5.41, 5.74) is 1.09.